The SMILES string of the molecule is CC(CNc1ccccc1N(C)C)/C(N)=N/O. The van der Waals surface area contributed by atoms with Crippen LogP contribution in [0, 0.1) is 5.92 Å². The Morgan fingerprint density at radius 2 is 2.12 bits per heavy atom. The number of nitrogens with two attached hydrogens (primary N) is 1. The van der Waals surface area contributed by atoms with Crippen LogP contribution in [0.3, 0.4) is 0 Å². The molecule has 5 heteroatoms. The first kappa shape index (κ1) is 13.2. The zero-order valence-electron chi connectivity index (χ0n) is 10.5. The molecule has 1 aromatic rings. The van der Waals surface area contributed by atoms with Crippen molar-refractivity contribution in [2.45, 2.75) is 6.92 Å². The van der Waals surface area contributed by atoms with E-state index in [1.165, 1.54) is 0 Å². The first-order valence-electron chi connectivity index (χ1n) is 5.54. The number of oxime groups is 1. The number of hydrogen-bond acceptors (Lipinski definition) is 4. The van der Waals surface area contributed by atoms with Crippen LogP contribution in [0.1, 0.15) is 6.92 Å². The Hall–Kier alpha value is -1.91. The molecule has 0 aliphatic carbocycles. The number of anilines is 2. The standard InChI is InChI=1S/C12H20N4O/c1-9(12(13)15-17)8-14-10-6-4-5-7-11(10)16(2)3/h4-7,9,14,17H,8H2,1-3H3,(H2,13,15). The van der Waals surface area contributed by atoms with Crippen molar-refractivity contribution >= 4 is 17.2 Å². The maximum atomic E-state index is 8.57. The second kappa shape index (κ2) is 5.98. The molecule has 0 spiro atoms. The molecule has 94 valence electrons. The molecule has 0 saturated carbocycles. The van der Waals surface area contributed by atoms with Gasteiger partial charge >= 0.3 is 0 Å². The predicted octanol–water partition coefficient (Wildman–Crippen LogP) is 1.55. The Morgan fingerprint density at radius 3 is 2.71 bits per heavy atom. The lowest BCUT2D eigenvalue weighted by Crippen LogP contribution is -2.27. The Labute approximate surface area is 102 Å². The van der Waals surface area contributed by atoms with Crippen LogP contribution in [-0.2, 0) is 0 Å². The molecule has 1 aromatic carbocycles. The average Bonchev–Trinajstić information content (AvgIpc) is 2.35. The molecule has 0 aliphatic heterocycles. The van der Waals surface area contributed by atoms with Crippen LogP contribution >= 0.6 is 0 Å². The van der Waals surface area contributed by atoms with Gasteiger partial charge in [0.05, 0.1) is 11.4 Å². The van der Waals surface area contributed by atoms with Gasteiger partial charge < -0.3 is 21.2 Å². The van der Waals surface area contributed by atoms with Crippen molar-refractivity contribution in [2.24, 2.45) is 16.8 Å². The highest BCUT2D eigenvalue weighted by atomic mass is 16.4. The van der Waals surface area contributed by atoms with E-state index in [2.05, 4.69) is 10.5 Å². The third kappa shape index (κ3) is 3.55. The molecule has 0 radical (unpaired) electrons. The Morgan fingerprint density at radius 1 is 1.47 bits per heavy atom. The quantitative estimate of drug-likeness (QED) is 0.314. The van der Waals surface area contributed by atoms with E-state index >= 15 is 0 Å². The molecule has 0 heterocycles. The molecule has 0 fully saturated rings. The van der Waals surface area contributed by atoms with E-state index < -0.39 is 0 Å². The van der Waals surface area contributed by atoms with Crippen LogP contribution in [0.15, 0.2) is 29.4 Å². The van der Waals surface area contributed by atoms with Crippen LogP contribution in [-0.4, -0.2) is 31.7 Å². The maximum absolute atomic E-state index is 8.57. The molecule has 5 nitrogen and oxygen atoms in total. The number of hydrogen-bond donors (Lipinski definition) is 3. The average molecular weight is 236 g/mol. The normalized spacial score (nSPS) is 13.2. The number of nitrogens with one attached hydrogen (secondary N) is 1. The third-order valence-electron chi connectivity index (χ3n) is 2.60. The van der Waals surface area contributed by atoms with Gasteiger partial charge in [-0.15, -0.1) is 0 Å². The minimum absolute atomic E-state index is 0.0183. The minimum atomic E-state index is -0.0183. The Balaban J connectivity index is 2.69. The van der Waals surface area contributed by atoms with Crippen LogP contribution in [0.5, 0.6) is 0 Å². The van der Waals surface area contributed by atoms with Crippen molar-refractivity contribution in [2.75, 3.05) is 30.9 Å². The molecule has 0 aromatic heterocycles. The molecule has 1 atom stereocenters. The lowest BCUT2D eigenvalue weighted by molar-refractivity contribution is 0.315. The number of nitrogens with zero attached hydrogens (tertiary/aromatic N) is 2. The number of para-hydroxylation sites is 2. The van der Waals surface area contributed by atoms with Gasteiger partial charge in [-0.05, 0) is 12.1 Å². The van der Waals surface area contributed by atoms with E-state index in [-0.39, 0.29) is 11.8 Å². The van der Waals surface area contributed by atoms with Gasteiger partial charge in [0.25, 0.3) is 0 Å². The van der Waals surface area contributed by atoms with E-state index in [1.54, 1.807) is 0 Å². The molecule has 4 N–H and O–H groups in total. The summed E-state index contributed by atoms with van der Waals surface area (Å²) in [7, 11) is 3.99. The summed E-state index contributed by atoms with van der Waals surface area (Å²) in [6.45, 7) is 2.53. The van der Waals surface area contributed by atoms with Crippen LogP contribution in [0.2, 0.25) is 0 Å². The fourth-order valence-electron chi connectivity index (χ4n) is 1.48. The van der Waals surface area contributed by atoms with Gasteiger partial charge in [0.1, 0.15) is 5.84 Å². The van der Waals surface area contributed by atoms with Crippen molar-refractivity contribution in [3.8, 4) is 0 Å². The highest BCUT2D eigenvalue weighted by Crippen LogP contribution is 2.23. The monoisotopic (exact) mass is 236 g/mol. The van der Waals surface area contributed by atoms with Crippen LogP contribution < -0.4 is 16.0 Å². The van der Waals surface area contributed by atoms with E-state index in [9.17, 15) is 0 Å². The van der Waals surface area contributed by atoms with E-state index in [0.29, 0.717) is 6.54 Å². The molecular weight excluding hydrogens is 216 g/mol. The molecule has 1 rings (SSSR count). The topological polar surface area (TPSA) is 73.9 Å². The van der Waals surface area contributed by atoms with Gasteiger partial charge in [-0.3, -0.25) is 0 Å². The second-order valence-corrected chi connectivity index (χ2v) is 4.22. The first-order chi connectivity index (χ1) is 8.06. The summed E-state index contributed by atoms with van der Waals surface area (Å²) in [5, 5.41) is 14.9. The van der Waals surface area contributed by atoms with E-state index in [0.717, 1.165) is 11.4 Å². The molecule has 0 saturated heterocycles. The van der Waals surface area contributed by atoms with E-state index in [4.69, 9.17) is 10.9 Å². The summed E-state index contributed by atoms with van der Waals surface area (Å²) in [6, 6.07) is 8.02. The molecule has 0 amide bonds. The van der Waals surface area contributed by atoms with Crippen molar-refractivity contribution < 1.29 is 5.21 Å². The van der Waals surface area contributed by atoms with Gasteiger partial charge in [0, 0.05) is 26.6 Å². The molecule has 0 bridgehead atoms. The summed E-state index contributed by atoms with van der Waals surface area (Å²) in [6.07, 6.45) is 0. The van der Waals surface area contributed by atoms with Gasteiger partial charge in [-0.2, -0.15) is 0 Å². The van der Waals surface area contributed by atoms with Crippen molar-refractivity contribution in [3.05, 3.63) is 24.3 Å². The zero-order valence-corrected chi connectivity index (χ0v) is 10.5. The van der Waals surface area contributed by atoms with Gasteiger partial charge in [-0.1, -0.05) is 24.2 Å². The highest BCUT2D eigenvalue weighted by molar-refractivity contribution is 5.82. The summed E-state index contributed by atoms with van der Waals surface area (Å²) < 4.78 is 0. The van der Waals surface area contributed by atoms with Crippen LogP contribution in [0.4, 0.5) is 11.4 Å². The molecule has 0 aliphatic rings. The highest BCUT2D eigenvalue weighted by Gasteiger charge is 2.09. The minimum Gasteiger partial charge on any atom is -0.409 e. The summed E-state index contributed by atoms with van der Waals surface area (Å²) in [5.74, 6) is 0.218. The van der Waals surface area contributed by atoms with Gasteiger partial charge in [0.2, 0.25) is 0 Å². The van der Waals surface area contributed by atoms with E-state index in [1.807, 2.05) is 50.2 Å². The predicted molar refractivity (Wildman–Crippen MR) is 71.8 cm³/mol. The lowest BCUT2D eigenvalue weighted by Gasteiger charge is -2.19. The number of benzene rings is 1. The first-order valence-corrected chi connectivity index (χ1v) is 5.54. The fraction of sp³-hybridized carbons (Fsp3) is 0.417. The Bertz CT molecular complexity index is 390. The number of rotatable bonds is 5. The molecule has 17 heavy (non-hydrogen) atoms. The van der Waals surface area contributed by atoms with Crippen molar-refractivity contribution in [1.82, 2.24) is 0 Å². The van der Waals surface area contributed by atoms with Crippen LogP contribution in [0.25, 0.3) is 0 Å². The Kier molecular flexibility index (Phi) is 4.63. The third-order valence-corrected chi connectivity index (χ3v) is 2.60. The summed E-state index contributed by atoms with van der Waals surface area (Å²) in [5.41, 5.74) is 7.68. The smallest absolute Gasteiger partial charge is 0.143 e. The largest absolute Gasteiger partial charge is 0.409 e. The summed E-state index contributed by atoms with van der Waals surface area (Å²) >= 11 is 0. The summed E-state index contributed by atoms with van der Waals surface area (Å²) in [4.78, 5) is 2.04. The van der Waals surface area contributed by atoms with Crippen molar-refractivity contribution in [1.29, 1.82) is 0 Å². The van der Waals surface area contributed by atoms with Crippen molar-refractivity contribution in [3.63, 3.8) is 0 Å². The van der Waals surface area contributed by atoms with Gasteiger partial charge in [0.15, 0.2) is 0 Å². The van der Waals surface area contributed by atoms with Gasteiger partial charge in [-0.25, -0.2) is 0 Å². The fourth-order valence-corrected chi connectivity index (χ4v) is 1.48. The lowest BCUT2D eigenvalue weighted by atomic mass is 10.1. The molecular formula is C12H20N4O. The molecule has 1 unspecified atom stereocenters. The maximum Gasteiger partial charge on any atom is 0.143 e. The zero-order chi connectivity index (χ0) is 12.8. The number of amidine groups is 1. The second-order valence-electron chi connectivity index (χ2n) is 4.22.